The molecule has 2 fully saturated rings. The molecule has 1 aliphatic heterocycles. The number of urea groups is 1. The summed E-state index contributed by atoms with van der Waals surface area (Å²) < 4.78 is 0. The molecule has 2 rings (SSSR count). The summed E-state index contributed by atoms with van der Waals surface area (Å²) in [6.07, 6.45) is 4.22. The van der Waals surface area contributed by atoms with E-state index < -0.39 is 17.0 Å². The fraction of sp³-hybridized carbons (Fsp3) is 0.857. The van der Waals surface area contributed by atoms with Gasteiger partial charge in [0.25, 0.3) is 0 Å². The lowest BCUT2D eigenvalue weighted by Gasteiger charge is -2.36. The Bertz CT molecular complexity index is 379. The fourth-order valence-electron chi connectivity index (χ4n) is 3.07. The monoisotopic (exact) mass is 284 g/mol. The number of aliphatic carboxylic acids is 1. The maximum atomic E-state index is 12.1. The van der Waals surface area contributed by atoms with Gasteiger partial charge in [0.2, 0.25) is 0 Å². The van der Waals surface area contributed by atoms with Crippen LogP contribution in [0.1, 0.15) is 45.4 Å². The Hall–Kier alpha value is -1.30. The molecule has 20 heavy (non-hydrogen) atoms. The molecule has 0 atom stereocenters. The first-order valence-electron chi connectivity index (χ1n) is 7.33. The minimum atomic E-state index is -0.808. The molecule has 0 radical (unpaired) electrons. The maximum absolute atomic E-state index is 12.1. The molecule has 0 bridgehead atoms. The Labute approximate surface area is 119 Å². The van der Waals surface area contributed by atoms with E-state index in [9.17, 15) is 19.8 Å². The molecule has 1 heterocycles. The Balaban J connectivity index is 1.84. The van der Waals surface area contributed by atoms with E-state index in [4.69, 9.17) is 0 Å². The zero-order valence-electron chi connectivity index (χ0n) is 12.0. The highest BCUT2D eigenvalue weighted by molar-refractivity contribution is 5.78. The van der Waals surface area contributed by atoms with Gasteiger partial charge in [0.1, 0.15) is 0 Å². The van der Waals surface area contributed by atoms with E-state index >= 15 is 0 Å². The summed E-state index contributed by atoms with van der Waals surface area (Å²) in [5, 5.41) is 22.0. The number of hydrogen-bond donors (Lipinski definition) is 3. The quantitative estimate of drug-likeness (QED) is 0.726. The molecule has 1 saturated carbocycles. The number of carboxylic acids is 1. The summed E-state index contributed by atoms with van der Waals surface area (Å²) in [6, 6.07) is -0.215. The molecule has 0 aromatic carbocycles. The minimum absolute atomic E-state index is 0.202. The molecule has 6 nitrogen and oxygen atoms in total. The van der Waals surface area contributed by atoms with Crippen LogP contribution in [0.15, 0.2) is 0 Å². The van der Waals surface area contributed by atoms with Gasteiger partial charge in [-0.2, -0.15) is 0 Å². The highest BCUT2D eigenvalue weighted by Crippen LogP contribution is 2.37. The third-order valence-corrected chi connectivity index (χ3v) is 4.72. The molecule has 0 unspecified atom stereocenters. The van der Waals surface area contributed by atoms with Crippen molar-refractivity contribution in [1.82, 2.24) is 10.2 Å². The normalized spacial score (nSPS) is 24.4. The van der Waals surface area contributed by atoms with Crippen LogP contribution in [0.2, 0.25) is 0 Å². The first-order valence-corrected chi connectivity index (χ1v) is 7.33. The Kier molecular flexibility index (Phi) is 4.22. The second-order valence-corrected chi connectivity index (χ2v) is 6.44. The molecule has 2 aliphatic rings. The highest BCUT2D eigenvalue weighted by atomic mass is 16.4. The van der Waals surface area contributed by atoms with Crippen LogP contribution in [0.4, 0.5) is 4.79 Å². The van der Waals surface area contributed by atoms with Gasteiger partial charge >= 0.3 is 12.0 Å². The smallest absolute Gasteiger partial charge is 0.317 e. The van der Waals surface area contributed by atoms with Crippen LogP contribution >= 0.6 is 0 Å². The maximum Gasteiger partial charge on any atom is 0.317 e. The van der Waals surface area contributed by atoms with Gasteiger partial charge in [0.05, 0.1) is 11.0 Å². The Morgan fingerprint density at radius 3 is 2.20 bits per heavy atom. The van der Waals surface area contributed by atoms with Crippen molar-refractivity contribution in [2.45, 2.75) is 51.0 Å². The van der Waals surface area contributed by atoms with E-state index in [2.05, 4.69) is 5.32 Å². The van der Waals surface area contributed by atoms with Crippen LogP contribution in [0.5, 0.6) is 0 Å². The lowest BCUT2D eigenvalue weighted by Crippen LogP contribution is -2.51. The summed E-state index contributed by atoms with van der Waals surface area (Å²) >= 11 is 0. The van der Waals surface area contributed by atoms with Gasteiger partial charge in [0, 0.05) is 19.6 Å². The number of nitrogens with zero attached hydrogens (tertiary/aromatic N) is 1. The first kappa shape index (κ1) is 15.1. The molecule has 0 aromatic heterocycles. The lowest BCUT2D eigenvalue weighted by molar-refractivity contribution is -0.148. The molecule has 0 spiro atoms. The topological polar surface area (TPSA) is 89.9 Å². The molecular weight excluding hydrogens is 260 g/mol. The van der Waals surface area contributed by atoms with E-state index in [-0.39, 0.29) is 12.6 Å². The van der Waals surface area contributed by atoms with Crippen molar-refractivity contribution in [3.8, 4) is 0 Å². The van der Waals surface area contributed by atoms with Crippen molar-refractivity contribution in [3.63, 3.8) is 0 Å². The van der Waals surface area contributed by atoms with Crippen molar-refractivity contribution in [3.05, 3.63) is 0 Å². The van der Waals surface area contributed by atoms with Gasteiger partial charge in [-0.15, -0.1) is 0 Å². The van der Waals surface area contributed by atoms with Crippen LogP contribution < -0.4 is 5.32 Å². The van der Waals surface area contributed by atoms with Crippen molar-refractivity contribution >= 4 is 12.0 Å². The SMILES string of the molecule is CC1(O)CCN(C(=O)NCC2(C(=O)O)CCCC2)CC1. The summed E-state index contributed by atoms with van der Waals surface area (Å²) in [5.41, 5.74) is -1.47. The van der Waals surface area contributed by atoms with Gasteiger partial charge in [-0.05, 0) is 32.6 Å². The molecule has 114 valence electrons. The third-order valence-electron chi connectivity index (χ3n) is 4.72. The second kappa shape index (κ2) is 5.60. The predicted molar refractivity (Wildman–Crippen MR) is 73.4 cm³/mol. The van der Waals surface area contributed by atoms with Crippen molar-refractivity contribution in [2.24, 2.45) is 5.41 Å². The van der Waals surface area contributed by atoms with Crippen LogP contribution in [-0.4, -0.2) is 52.3 Å². The van der Waals surface area contributed by atoms with E-state index in [1.165, 1.54) is 0 Å². The summed E-state index contributed by atoms with van der Waals surface area (Å²) in [6.45, 7) is 3.01. The zero-order chi connectivity index (χ0) is 14.8. The molecule has 1 saturated heterocycles. The number of amides is 2. The average molecular weight is 284 g/mol. The first-order chi connectivity index (χ1) is 9.35. The van der Waals surface area contributed by atoms with Gasteiger partial charge in [-0.3, -0.25) is 4.79 Å². The number of carbonyl (C=O) groups is 2. The lowest BCUT2D eigenvalue weighted by atomic mass is 9.86. The number of carbonyl (C=O) groups excluding carboxylic acids is 1. The van der Waals surface area contributed by atoms with Crippen LogP contribution in [0, 0.1) is 5.41 Å². The molecule has 2 amide bonds. The van der Waals surface area contributed by atoms with Gasteiger partial charge in [-0.1, -0.05) is 12.8 Å². The van der Waals surface area contributed by atoms with E-state index in [0.717, 1.165) is 12.8 Å². The number of piperidine rings is 1. The largest absolute Gasteiger partial charge is 0.481 e. The third kappa shape index (κ3) is 3.23. The number of hydrogen-bond acceptors (Lipinski definition) is 3. The van der Waals surface area contributed by atoms with Crippen LogP contribution in [-0.2, 0) is 4.79 Å². The molecular formula is C14H24N2O4. The summed E-state index contributed by atoms with van der Waals surface area (Å²) in [4.78, 5) is 25.1. The van der Waals surface area contributed by atoms with Gasteiger partial charge < -0.3 is 20.4 Å². The van der Waals surface area contributed by atoms with Gasteiger partial charge in [0.15, 0.2) is 0 Å². The van der Waals surface area contributed by atoms with Crippen LogP contribution in [0.25, 0.3) is 0 Å². The molecule has 3 N–H and O–H groups in total. The number of carboxylic acid groups (broad SMARTS) is 1. The molecule has 0 aromatic rings. The van der Waals surface area contributed by atoms with E-state index in [1.807, 2.05) is 0 Å². The number of nitrogens with one attached hydrogen (secondary N) is 1. The average Bonchev–Trinajstić information content (AvgIpc) is 2.86. The molecule has 6 heteroatoms. The Morgan fingerprint density at radius 1 is 1.15 bits per heavy atom. The molecule has 1 aliphatic carbocycles. The highest BCUT2D eigenvalue weighted by Gasteiger charge is 2.42. The van der Waals surface area contributed by atoms with Crippen molar-refractivity contribution in [2.75, 3.05) is 19.6 Å². The van der Waals surface area contributed by atoms with Gasteiger partial charge in [-0.25, -0.2) is 4.79 Å². The van der Waals surface area contributed by atoms with Crippen molar-refractivity contribution < 1.29 is 19.8 Å². The standard InChI is InChI=1S/C14H24N2O4/c1-13(20)6-8-16(9-7-13)12(19)15-10-14(11(17)18)4-2-3-5-14/h20H,2-10H2,1H3,(H,15,19)(H,17,18). The summed E-state index contributed by atoms with van der Waals surface area (Å²) in [5.74, 6) is -0.808. The minimum Gasteiger partial charge on any atom is -0.481 e. The fourth-order valence-corrected chi connectivity index (χ4v) is 3.07. The zero-order valence-corrected chi connectivity index (χ0v) is 12.0. The number of rotatable bonds is 3. The Morgan fingerprint density at radius 2 is 1.70 bits per heavy atom. The number of aliphatic hydroxyl groups is 1. The number of likely N-dealkylation sites (tertiary alicyclic amines) is 1. The predicted octanol–water partition coefficient (Wildman–Crippen LogP) is 1.19. The van der Waals surface area contributed by atoms with Crippen molar-refractivity contribution in [1.29, 1.82) is 0 Å². The van der Waals surface area contributed by atoms with Crippen LogP contribution in [0.3, 0.4) is 0 Å². The second-order valence-electron chi connectivity index (χ2n) is 6.44. The van der Waals surface area contributed by atoms with E-state index in [0.29, 0.717) is 38.8 Å². The van der Waals surface area contributed by atoms with E-state index in [1.54, 1.807) is 11.8 Å². The summed E-state index contributed by atoms with van der Waals surface area (Å²) in [7, 11) is 0.